The molecule has 0 radical (unpaired) electrons. The number of carbonyl (C=O) groups excluding carboxylic acids is 1. The largest absolute Gasteiger partial charge is 0.493 e. The second-order valence-corrected chi connectivity index (χ2v) is 10.9. The fourth-order valence-corrected chi connectivity index (χ4v) is 6.04. The number of hydrogen-bond donors (Lipinski definition) is 0. The fourth-order valence-electron chi connectivity index (χ4n) is 4.76. The molecular formula is C30H23ClN4O9S. The maximum absolute atomic E-state index is 13.9. The van der Waals surface area contributed by atoms with Crippen molar-refractivity contribution in [2.45, 2.75) is 19.9 Å². The van der Waals surface area contributed by atoms with Crippen LogP contribution in [0.5, 0.6) is 17.2 Å². The lowest BCUT2D eigenvalue weighted by atomic mass is 9.96. The molecule has 0 amide bonds. The predicted octanol–water partition coefficient (Wildman–Crippen LogP) is 5.07. The topological polar surface area (TPSA) is 165 Å². The number of halogens is 1. The molecular weight excluding hydrogens is 628 g/mol. The molecule has 230 valence electrons. The molecule has 2 heterocycles. The average molecular weight is 651 g/mol. The Balaban J connectivity index is 1.58. The van der Waals surface area contributed by atoms with E-state index in [-0.39, 0.29) is 29.4 Å². The number of hydrogen-bond acceptors (Lipinski definition) is 11. The van der Waals surface area contributed by atoms with Crippen molar-refractivity contribution in [1.82, 2.24) is 4.57 Å². The second kappa shape index (κ2) is 12.7. The number of esters is 1. The summed E-state index contributed by atoms with van der Waals surface area (Å²) >= 11 is 7.66. The molecule has 0 fully saturated rings. The van der Waals surface area contributed by atoms with E-state index in [1.807, 2.05) is 0 Å². The molecule has 5 rings (SSSR count). The fraction of sp³-hybridized carbons (Fsp3) is 0.167. The van der Waals surface area contributed by atoms with Crippen molar-refractivity contribution >= 4 is 46.4 Å². The number of aromatic nitrogens is 1. The lowest BCUT2D eigenvalue weighted by Gasteiger charge is -2.25. The lowest BCUT2D eigenvalue weighted by Crippen LogP contribution is -2.40. The standard InChI is InChI=1S/C30H23ClN4O9S/c1-4-43-29(37)26-16(2)32-30-33(27(26)19-7-5-6-8-20(19)31)28(36)25(45-30)14-17-9-11-23(24(13-17)42-3)44-22-12-10-18(34(38)39)15-21(22)35(40)41/h5-15,27H,4H2,1-3H3/b25-14-/t27-/m1/s1. The van der Waals surface area contributed by atoms with Crippen molar-refractivity contribution < 1.29 is 28.9 Å². The number of allylic oxidation sites excluding steroid dienone is 1. The third kappa shape index (κ3) is 6.05. The van der Waals surface area contributed by atoms with Gasteiger partial charge in [0.2, 0.25) is 5.75 Å². The zero-order valence-corrected chi connectivity index (χ0v) is 25.5. The van der Waals surface area contributed by atoms with Gasteiger partial charge in [-0.25, -0.2) is 9.79 Å². The smallest absolute Gasteiger partial charge is 0.338 e. The highest BCUT2D eigenvalue weighted by molar-refractivity contribution is 7.07. The van der Waals surface area contributed by atoms with Crippen LogP contribution in [0.1, 0.15) is 31.0 Å². The molecule has 1 aromatic heterocycles. The van der Waals surface area contributed by atoms with Gasteiger partial charge in [0.05, 0.1) is 45.4 Å². The third-order valence-corrected chi connectivity index (χ3v) is 8.10. The molecule has 3 aromatic carbocycles. The van der Waals surface area contributed by atoms with Crippen LogP contribution in [0.15, 0.2) is 81.7 Å². The quantitative estimate of drug-likeness (QED) is 0.137. The van der Waals surface area contributed by atoms with Crippen molar-refractivity contribution in [3.05, 3.63) is 128 Å². The van der Waals surface area contributed by atoms with Gasteiger partial charge in [-0.15, -0.1) is 0 Å². The SMILES string of the molecule is CCOC(=O)C1=C(C)N=c2s/c(=C\c3ccc(Oc4ccc([N+](=O)[O-])cc4[N+](=O)[O-])c(OC)c3)c(=O)n2[C@@H]1c1ccccc1Cl. The number of non-ortho nitro benzene ring substituents is 1. The molecule has 0 spiro atoms. The summed E-state index contributed by atoms with van der Waals surface area (Å²) in [6.07, 6.45) is 1.61. The van der Waals surface area contributed by atoms with E-state index in [4.69, 9.17) is 25.8 Å². The summed E-state index contributed by atoms with van der Waals surface area (Å²) in [6, 6.07) is 13.7. The van der Waals surface area contributed by atoms with Gasteiger partial charge in [-0.05, 0) is 55.3 Å². The van der Waals surface area contributed by atoms with Crippen LogP contribution in [0.25, 0.3) is 6.08 Å². The van der Waals surface area contributed by atoms with Crippen molar-refractivity contribution in [3.8, 4) is 17.2 Å². The molecule has 4 aromatic rings. The summed E-state index contributed by atoms with van der Waals surface area (Å²) in [6.45, 7) is 3.49. The number of fused-ring (bicyclic) bond motifs is 1. The van der Waals surface area contributed by atoms with Gasteiger partial charge >= 0.3 is 11.7 Å². The zero-order valence-electron chi connectivity index (χ0n) is 23.9. The lowest BCUT2D eigenvalue weighted by molar-refractivity contribution is -0.394. The monoisotopic (exact) mass is 650 g/mol. The van der Waals surface area contributed by atoms with Crippen LogP contribution in [-0.4, -0.2) is 34.1 Å². The van der Waals surface area contributed by atoms with Crippen LogP contribution in [0.3, 0.4) is 0 Å². The number of benzene rings is 3. The summed E-state index contributed by atoms with van der Waals surface area (Å²) < 4.78 is 18.2. The summed E-state index contributed by atoms with van der Waals surface area (Å²) in [4.78, 5) is 53.0. The first-order valence-corrected chi connectivity index (χ1v) is 14.5. The maximum Gasteiger partial charge on any atom is 0.338 e. The number of ether oxygens (including phenoxy) is 3. The zero-order chi connectivity index (χ0) is 32.4. The molecule has 0 aliphatic carbocycles. The maximum atomic E-state index is 13.9. The molecule has 0 saturated heterocycles. The van der Waals surface area contributed by atoms with Gasteiger partial charge in [-0.3, -0.25) is 29.6 Å². The first kappa shape index (κ1) is 31.1. The van der Waals surface area contributed by atoms with E-state index < -0.39 is 38.8 Å². The number of nitro benzene ring substituents is 2. The van der Waals surface area contributed by atoms with E-state index in [0.29, 0.717) is 31.2 Å². The Morgan fingerprint density at radius 1 is 1.07 bits per heavy atom. The first-order valence-electron chi connectivity index (χ1n) is 13.3. The van der Waals surface area contributed by atoms with Crippen molar-refractivity contribution in [1.29, 1.82) is 0 Å². The van der Waals surface area contributed by atoms with Crippen molar-refractivity contribution in [3.63, 3.8) is 0 Å². The number of nitrogens with zero attached hydrogens (tertiary/aromatic N) is 4. The van der Waals surface area contributed by atoms with E-state index in [0.717, 1.165) is 29.5 Å². The van der Waals surface area contributed by atoms with Crippen molar-refractivity contribution in [2.24, 2.45) is 4.99 Å². The summed E-state index contributed by atoms with van der Waals surface area (Å²) in [5.74, 6) is -0.552. The molecule has 0 saturated carbocycles. The van der Waals surface area contributed by atoms with Crippen LogP contribution in [0, 0.1) is 20.2 Å². The molecule has 0 unspecified atom stereocenters. The number of carbonyl (C=O) groups is 1. The van der Waals surface area contributed by atoms with E-state index in [1.165, 1.54) is 17.7 Å². The predicted molar refractivity (Wildman–Crippen MR) is 165 cm³/mol. The van der Waals surface area contributed by atoms with Gasteiger partial charge in [0, 0.05) is 11.1 Å². The van der Waals surface area contributed by atoms with Gasteiger partial charge in [-0.2, -0.15) is 0 Å². The van der Waals surface area contributed by atoms with Gasteiger partial charge in [0.25, 0.3) is 11.2 Å². The Bertz CT molecular complexity index is 2090. The average Bonchev–Trinajstić information content (AvgIpc) is 3.31. The molecule has 0 bridgehead atoms. The van der Waals surface area contributed by atoms with Crippen LogP contribution < -0.4 is 24.4 Å². The van der Waals surface area contributed by atoms with Gasteiger partial charge < -0.3 is 14.2 Å². The Kier molecular flexibility index (Phi) is 8.79. The molecule has 1 aliphatic rings. The van der Waals surface area contributed by atoms with Gasteiger partial charge in [0.1, 0.15) is 6.04 Å². The van der Waals surface area contributed by atoms with Gasteiger partial charge in [0.15, 0.2) is 16.3 Å². The Hall–Kier alpha value is -5.34. The second-order valence-electron chi connectivity index (χ2n) is 9.50. The van der Waals surface area contributed by atoms with Crippen LogP contribution in [0.2, 0.25) is 5.02 Å². The highest BCUT2D eigenvalue weighted by atomic mass is 35.5. The summed E-state index contributed by atoms with van der Waals surface area (Å²) in [5, 5.41) is 23.0. The molecule has 15 heteroatoms. The number of methoxy groups -OCH3 is 1. The first-order chi connectivity index (χ1) is 21.5. The minimum atomic E-state index is -0.876. The normalized spacial score (nSPS) is 14.4. The molecule has 45 heavy (non-hydrogen) atoms. The molecule has 1 aliphatic heterocycles. The highest BCUT2D eigenvalue weighted by Gasteiger charge is 2.34. The third-order valence-electron chi connectivity index (χ3n) is 6.77. The molecule has 0 N–H and O–H groups in total. The number of rotatable bonds is 9. The Morgan fingerprint density at radius 3 is 2.47 bits per heavy atom. The van der Waals surface area contributed by atoms with Crippen LogP contribution in [-0.2, 0) is 9.53 Å². The summed E-state index contributed by atoms with van der Waals surface area (Å²) in [7, 11) is 1.37. The number of thiazole rings is 1. The minimum absolute atomic E-state index is 0.0986. The molecule has 13 nitrogen and oxygen atoms in total. The van der Waals surface area contributed by atoms with Crippen molar-refractivity contribution in [2.75, 3.05) is 13.7 Å². The van der Waals surface area contributed by atoms with Gasteiger partial charge in [-0.1, -0.05) is 47.2 Å². The van der Waals surface area contributed by atoms with Crippen LogP contribution >= 0.6 is 22.9 Å². The Morgan fingerprint density at radius 2 is 1.80 bits per heavy atom. The Labute approximate surface area is 263 Å². The molecule has 1 atom stereocenters. The van der Waals surface area contributed by atoms with Crippen LogP contribution in [0.4, 0.5) is 11.4 Å². The van der Waals surface area contributed by atoms with E-state index in [1.54, 1.807) is 56.3 Å². The summed E-state index contributed by atoms with van der Waals surface area (Å²) in [5.41, 5.74) is 0.188. The highest BCUT2D eigenvalue weighted by Crippen LogP contribution is 2.39. The van der Waals surface area contributed by atoms with E-state index in [9.17, 15) is 29.8 Å². The number of nitro groups is 2. The van der Waals surface area contributed by atoms with E-state index >= 15 is 0 Å². The minimum Gasteiger partial charge on any atom is -0.493 e. The van der Waals surface area contributed by atoms with E-state index in [2.05, 4.69) is 4.99 Å².